The smallest absolute Gasteiger partial charge is 0.259 e. The molecule has 2 fully saturated rings. The fourth-order valence-corrected chi connectivity index (χ4v) is 4.33. The van der Waals surface area contributed by atoms with Crippen LogP contribution in [0.15, 0.2) is 36.7 Å². The van der Waals surface area contributed by atoms with Crippen LogP contribution in [0.3, 0.4) is 0 Å². The standard InChI is InChI=1S/C21H22FN7O3/c1-31-17-10-18(32-2)26-21(25-17)28-11-13-6-9-27(12-16(13)28)20(30)19-14(22)4-3-5-15(19)29-23-7-8-24-29/h3-5,7-8,10,13,16H,6,9,11-12H2,1-2H3. The van der Waals surface area contributed by atoms with E-state index < -0.39 is 5.82 Å². The number of benzene rings is 1. The molecule has 166 valence electrons. The van der Waals surface area contributed by atoms with Crippen molar-refractivity contribution in [1.29, 1.82) is 0 Å². The highest BCUT2D eigenvalue weighted by Gasteiger charge is 2.45. The number of hydrogen-bond donors (Lipinski definition) is 0. The fraction of sp³-hybridized carbons (Fsp3) is 0.381. The van der Waals surface area contributed by atoms with E-state index >= 15 is 0 Å². The van der Waals surface area contributed by atoms with E-state index in [1.54, 1.807) is 17.0 Å². The quantitative estimate of drug-likeness (QED) is 0.591. The summed E-state index contributed by atoms with van der Waals surface area (Å²) in [7, 11) is 3.07. The van der Waals surface area contributed by atoms with Crippen molar-refractivity contribution in [2.24, 2.45) is 5.92 Å². The predicted molar refractivity (Wildman–Crippen MR) is 112 cm³/mol. The average Bonchev–Trinajstić information content (AvgIpc) is 3.34. The molecule has 2 atom stereocenters. The SMILES string of the molecule is COc1cc(OC)nc(N2CC3CCN(C(=O)c4c(F)cccc4-n4nccn4)CC32)n1. The summed E-state index contributed by atoms with van der Waals surface area (Å²) in [4.78, 5) is 27.2. The molecule has 2 aromatic heterocycles. The Morgan fingerprint density at radius 3 is 2.50 bits per heavy atom. The molecule has 0 aliphatic carbocycles. The van der Waals surface area contributed by atoms with Crippen LogP contribution in [0.25, 0.3) is 5.69 Å². The van der Waals surface area contributed by atoms with Gasteiger partial charge in [-0.05, 0) is 18.6 Å². The Labute approximate surface area is 183 Å². The Kier molecular flexibility index (Phi) is 5.08. The summed E-state index contributed by atoms with van der Waals surface area (Å²) in [5.41, 5.74) is 0.278. The number of aromatic nitrogens is 5. The maximum absolute atomic E-state index is 14.8. The molecule has 0 radical (unpaired) electrons. The summed E-state index contributed by atoms with van der Waals surface area (Å²) < 4.78 is 25.3. The number of rotatable bonds is 5. The van der Waals surface area contributed by atoms with Gasteiger partial charge < -0.3 is 19.3 Å². The third kappa shape index (κ3) is 3.39. The van der Waals surface area contributed by atoms with Gasteiger partial charge in [0.1, 0.15) is 17.1 Å². The van der Waals surface area contributed by atoms with Gasteiger partial charge in [0, 0.05) is 25.6 Å². The number of piperidine rings is 1. The van der Waals surface area contributed by atoms with Crippen LogP contribution in [0, 0.1) is 11.7 Å². The number of methoxy groups -OCH3 is 2. The molecule has 4 heterocycles. The zero-order valence-electron chi connectivity index (χ0n) is 17.7. The second-order valence-corrected chi connectivity index (χ2v) is 7.72. The Bertz CT molecular complexity index is 1120. The minimum atomic E-state index is -0.599. The van der Waals surface area contributed by atoms with Crippen molar-refractivity contribution in [3.63, 3.8) is 0 Å². The van der Waals surface area contributed by atoms with E-state index in [1.807, 2.05) is 4.90 Å². The predicted octanol–water partition coefficient (Wildman–Crippen LogP) is 1.56. The first-order valence-electron chi connectivity index (χ1n) is 10.3. The zero-order valence-corrected chi connectivity index (χ0v) is 17.7. The largest absolute Gasteiger partial charge is 0.481 e. The lowest BCUT2D eigenvalue weighted by molar-refractivity contribution is 0.0584. The number of carbonyl (C=O) groups excluding carboxylic acids is 1. The molecule has 0 N–H and O–H groups in total. The Morgan fingerprint density at radius 2 is 1.81 bits per heavy atom. The topological polar surface area (TPSA) is 98.5 Å². The molecule has 2 aliphatic rings. The number of nitrogens with zero attached hydrogens (tertiary/aromatic N) is 7. The van der Waals surface area contributed by atoms with Crippen molar-refractivity contribution in [1.82, 2.24) is 29.9 Å². The molecule has 2 unspecified atom stereocenters. The van der Waals surface area contributed by atoms with Crippen LogP contribution in [0.2, 0.25) is 0 Å². The number of carbonyl (C=O) groups is 1. The number of fused-ring (bicyclic) bond motifs is 1. The van der Waals surface area contributed by atoms with Crippen LogP contribution >= 0.6 is 0 Å². The first-order valence-corrected chi connectivity index (χ1v) is 10.3. The Hall–Kier alpha value is -3.76. The molecule has 0 spiro atoms. The summed E-state index contributed by atoms with van der Waals surface area (Å²) in [6, 6.07) is 6.09. The number of halogens is 1. The lowest BCUT2D eigenvalue weighted by atomic mass is 9.82. The summed E-state index contributed by atoms with van der Waals surface area (Å²) in [6.45, 7) is 1.77. The molecule has 32 heavy (non-hydrogen) atoms. The molecule has 1 aromatic carbocycles. The second-order valence-electron chi connectivity index (χ2n) is 7.72. The van der Waals surface area contributed by atoms with Crippen LogP contribution in [-0.4, -0.2) is 75.7 Å². The van der Waals surface area contributed by atoms with E-state index in [-0.39, 0.29) is 17.5 Å². The lowest BCUT2D eigenvalue weighted by Crippen LogP contribution is -2.65. The molecule has 1 amide bonds. The molecule has 5 rings (SSSR count). The van der Waals surface area contributed by atoms with E-state index in [9.17, 15) is 9.18 Å². The van der Waals surface area contributed by atoms with Crippen LogP contribution in [-0.2, 0) is 0 Å². The average molecular weight is 439 g/mol. The maximum atomic E-state index is 14.8. The normalized spacial score (nSPS) is 19.8. The highest BCUT2D eigenvalue weighted by molar-refractivity contribution is 5.98. The summed E-state index contributed by atoms with van der Waals surface area (Å²) in [5, 5.41) is 8.12. The number of amides is 1. The van der Waals surface area contributed by atoms with Gasteiger partial charge in [-0.3, -0.25) is 4.79 Å². The lowest BCUT2D eigenvalue weighted by Gasteiger charge is -2.53. The third-order valence-corrected chi connectivity index (χ3v) is 6.02. The van der Waals surface area contributed by atoms with Crippen molar-refractivity contribution in [2.45, 2.75) is 12.5 Å². The summed E-state index contributed by atoms with van der Waals surface area (Å²) >= 11 is 0. The molecule has 3 aromatic rings. The molecule has 0 saturated carbocycles. The minimum Gasteiger partial charge on any atom is -0.481 e. The highest BCUT2D eigenvalue weighted by atomic mass is 19.1. The number of anilines is 1. The molecular weight excluding hydrogens is 417 g/mol. The minimum absolute atomic E-state index is 0.0302. The van der Waals surface area contributed by atoms with Gasteiger partial charge in [-0.15, -0.1) is 0 Å². The maximum Gasteiger partial charge on any atom is 0.259 e. The summed E-state index contributed by atoms with van der Waals surface area (Å²) in [5.74, 6) is 0.725. The molecule has 10 nitrogen and oxygen atoms in total. The van der Waals surface area contributed by atoms with Crippen molar-refractivity contribution >= 4 is 11.9 Å². The highest BCUT2D eigenvalue weighted by Crippen LogP contribution is 2.37. The van der Waals surface area contributed by atoms with Gasteiger partial charge in [0.15, 0.2) is 0 Å². The van der Waals surface area contributed by atoms with Gasteiger partial charge in [-0.25, -0.2) is 4.39 Å². The van der Waals surface area contributed by atoms with Gasteiger partial charge in [0.05, 0.1) is 38.7 Å². The molecular formula is C21H22FN7O3. The summed E-state index contributed by atoms with van der Waals surface area (Å²) in [6.07, 6.45) is 3.79. The Morgan fingerprint density at radius 1 is 1.09 bits per heavy atom. The first kappa shape index (κ1) is 20.2. The van der Waals surface area contributed by atoms with E-state index in [4.69, 9.17) is 9.47 Å². The molecule has 11 heteroatoms. The second kappa shape index (κ2) is 8.06. The van der Waals surface area contributed by atoms with Crippen LogP contribution in [0.5, 0.6) is 11.8 Å². The third-order valence-electron chi connectivity index (χ3n) is 6.02. The van der Waals surface area contributed by atoms with Gasteiger partial charge in [0.25, 0.3) is 5.91 Å². The monoisotopic (exact) mass is 439 g/mol. The van der Waals surface area contributed by atoms with Crippen molar-refractivity contribution in [2.75, 3.05) is 38.8 Å². The van der Waals surface area contributed by atoms with E-state index in [0.717, 1.165) is 13.0 Å². The molecule has 2 aliphatic heterocycles. The van der Waals surface area contributed by atoms with Gasteiger partial charge >= 0.3 is 0 Å². The van der Waals surface area contributed by atoms with E-state index in [0.29, 0.717) is 42.4 Å². The van der Waals surface area contributed by atoms with Crippen LogP contribution < -0.4 is 14.4 Å². The van der Waals surface area contributed by atoms with Crippen molar-refractivity contribution < 1.29 is 18.7 Å². The van der Waals surface area contributed by atoms with E-state index in [2.05, 4.69) is 20.2 Å². The number of likely N-dealkylation sites (tertiary alicyclic amines) is 1. The number of hydrogen-bond acceptors (Lipinski definition) is 8. The van der Waals surface area contributed by atoms with Crippen molar-refractivity contribution in [3.8, 4) is 17.4 Å². The first-order chi connectivity index (χ1) is 15.6. The van der Waals surface area contributed by atoms with Gasteiger partial charge in [0.2, 0.25) is 17.7 Å². The Balaban J connectivity index is 1.40. The number of ether oxygens (including phenoxy) is 2. The van der Waals surface area contributed by atoms with Crippen LogP contribution in [0.1, 0.15) is 16.8 Å². The molecule has 2 saturated heterocycles. The molecule has 0 bridgehead atoms. The zero-order chi connectivity index (χ0) is 22.2. The fourth-order valence-electron chi connectivity index (χ4n) is 4.33. The van der Waals surface area contributed by atoms with Crippen LogP contribution in [0.4, 0.5) is 10.3 Å². The van der Waals surface area contributed by atoms with Gasteiger partial charge in [-0.2, -0.15) is 25.0 Å². The van der Waals surface area contributed by atoms with Crippen molar-refractivity contribution in [3.05, 3.63) is 48.0 Å². The van der Waals surface area contributed by atoms with E-state index in [1.165, 1.54) is 43.5 Å². The van der Waals surface area contributed by atoms with Gasteiger partial charge in [-0.1, -0.05) is 6.07 Å².